The SMILES string of the molecule is CCN1CCCC(NC(C)CCO)CC1. The minimum atomic E-state index is 0.294. The van der Waals surface area contributed by atoms with Crippen LogP contribution < -0.4 is 5.32 Å². The summed E-state index contributed by atoms with van der Waals surface area (Å²) in [5, 5.41) is 12.5. The molecule has 2 atom stereocenters. The molecule has 90 valence electrons. The third-order valence-corrected chi connectivity index (χ3v) is 3.35. The predicted octanol–water partition coefficient (Wildman–Crippen LogP) is 1.22. The van der Waals surface area contributed by atoms with Gasteiger partial charge in [-0.3, -0.25) is 0 Å². The van der Waals surface area contributed by atoms with Crippen molar-refractivity contribution in [2.24, 2.45) is 0 Å². The van der Waals surface area contributed by atoms with Crippen molar-refractivity contribution in [1.82, 2.24) is 10.2 Å². The number of aliphatic hydroxyl groups excluding tert-OH is 1. The van der Waals surface area contributed by atoms with Gasteiger partial charge in [0.25, 0.3) is 0 Å². The van der Waals surface area contributed by atoms with E-state index >= 15 is 0 Å². The molecule has 0 aromatic rings. The zero-order valence-electron chi connectivity index (χ0n) is 10.2. The predicted molar refractivity (Wildman–Crippen MR) is 64.1 cm³/mol. The van der Waals surface area contributed by atoms with Crippen LogP contribution in [0, 0.1) is 0 Å². The van der Waals surface area contributed by atoms with Gasteiger partial charge in [-0.2, -0.15) is 0 Å². The Morgan fingerprint density at radius 2 is 2.20 bits per heavy atom. The van der Waals surface area contributed by atoms with Crippen molar-refractivity contribution >= 4 is 0 Å². The van der Waals surface area contributed by atoms with E-state index in [0.717, 1.165) is 6.42 Å². The van der Waals surface area contributed by atoms with Gasteiger partial charge in [-0.1, -0.05) is 6.92 Å². The molecule has 0 radical (unpaired) electrons. The molecule has 0 bridgehead atoms. The van der Waals surface area contributed by atoms with Crippen LogP contribution in [0.4, 0.5) is 0 Å². The fourth-order valence-electron chi connectivity index (χ4n) is 2.32. The van der Waals surface area contributed by atoms with Crippen molar-refractivity contribution in [1.29, 1.82) is 0 Å². The van der Waals surface area contributed by atoms with Gasteiger partial charge in [0.15, 0.2) is 0 Å². The third kappa shape index (κ3) is 4.96. The van der Waals surface area contributed by atoms with Crippen LogP contribution in [-0.2, 0) is 0 Å². The van der Waals surface area contributed by atoms with Gasteiger partial charge < -0.3 is 15.3 Å². The van der Waals surface area contributed by atoms with Gasteiger partial charge in [-0.05, 0) is 52.2 Å². The maximum absolute atomic E-state index is 8.85. The first kappa shape index (κ1) is 12.9. The molecule has 2 unspecified atom stereocenters. The lowest BCUT2D eigenvalue weighted by atomic mass is 10.1. The third-order valence-electron chi connectivity index (χ3n) is 3.35. The molecule has 0 aliphatic carbocycles. The Kier molecular flexibility index (Phi) is 6.22. The van der Waals surface area contributed by atoms with Gasteiger partial charge in [-0.25, -0.2) is 0 Å². The normalized spacial score (nSPS) is 26.2. The minimum absolute atomic E-state index is 0.294. The Balaban J connectivity index is 2.24. The summed E-state index contributed by atoms with van der Waals surface area (Å²) in [6.45, 7) is 8.35. The average Bonchev–Trinajstić information content (AvgIpc) is 2.43. The molecular weight excluding hydrogens is 188 g/mol. The number of rotatable bonds is 5. The monoisotopic (exact) mass is 214 g/mol. The number of hydrogen-bond donors (Lipinski definition) is 2. The average molecular weight is 214 g/mol. The van der Waals surface area contributed by atoms with E-state index in [-0.39, 0.29) is 0 Å². The van der Waals surface area contributed by atoms with Gasteiger partial charge in [0.1, 0.15) is 0 Å². The van der Waals surface area contributed by atoms with Crippen LogP contribution in [0.3, 0.4) is 0 Å². The molecule has 0 aromatic heterocycles. The van der Waals surface area contributed by atoms with Gasteiger partial charge in [-0.15, -0.1) is 0 Å². The van der Waals surface area contributed by atoms with E-state index in [9.17, 15) is 0 Å². The molecule has 1 aliphatic heterocycles. The molecule has 0 aromatic carbocycles. The van der Waals surface area contributed by atoms with Crippen LogP contribution in [0.2, 0.25) is 0 Å². The second kappa shape index (κ2) is 7.20. The van der Waals surface area contributed by atoms with E-state index < -0.39 is 0 Å². The molecule has 1 aliphatic rings. The van der Waals surface area contributed by atoms with Crippen LogP contribution in [-0.4, -0.2) is 48.3 Å². The van der Waals surface area contributed by atoms with Crippen molar-refractivity contribution < 1.29 is 5.11 Å². The molecule has 0 spiro atoms. The van der Waals surface area contributed by atoms with Gasteiger partial charge in [0.05, 0.1) is 0 Å². The lowest BCUT2D eigenvalue weighted by molar-refractivity contribution is 0.258. The quantitative estimate of drug-likeness (QED) is 0.722. The summed E-state index contributed by atoms with van der Waals surface area (Å²) in [6, 6.07) is 1.11. The van der Waals surface area contributed by atoms with E-state index in [1.807, 2.05) is 0 Å². The van der Waals surface area contributed by atoms with Gasteiger partial charge in [0, 0.05) is 18.7 Å². The molecule has 0 saturated carbocycles. The second-order valence-electron chi connectivity index (χ2n) is 4.64. The maximum atomic E-state index is 8.85. The highest BCUT2D eigenvalue weighted by molar-refractivity contribution is 4.76. The van der Waals surface area contributed by atoms with Crippen LogP contribution in [0.5, 0.6) is 0 Å². The van der Waals surface area contributed by atoms with E-state index in [1.165, 1.54) is 38.9 Å². The van der Waals surface area contributed by atoms with Gasteiger partial charge in [0.2, 0.25) is 0 Å². The molecule has 1 fully saturated rings. The number of nitrogens with zero attached hydrogens (tertiary/aromatic N) is 1. The van der Waals surface area contributed by atoms with Crippen molar-refractivity contribution in [2.45, 2.75) is 51.6 Å². The number of hydrogen-bond acceptors (Lipinski definition) is 3. The Hall–Kier alpha value is -0.120. The Morgan fingerprint density at radius 1 is 1.40 bits per heavy atom. The summed E-state index contributed by atoms with van der Waals surface area (Å²) >= 11 is 0. The molecule has 2 N–H and O–H groups in total. The molecule has 3 heteroatoms. The van der Waals surface area contributed by atoms with Crippen LogP contribution in [0.15, 0.2) is 0 Å². The Labute approximate surface area is 93.9 Å². The lowest BCUT2D eigenvalue weighted by Gasteiger charge is -2.22. The summed E-state index contributed by atoms with van der Waals surface area (Å²) in [4.78, 5) is 2.53. The maximum Gasteiger partial charge on any atom is 0.0445 e. The summed E-state index contributed by atoms with van der Waals surface area (Å²) in [5.74, 6) is 0. The van der Waals surface area contributed by atoms with E-state index in [0.29, 0.717) is 18.7 Å². The smallest absolute Gasteiger partial charge is 0.0445 e. The second-order valence-corrected chi connectivity index (χ2v) is 4.64. The minimum Gasteiger partial charge on any atom is -0.396 e. The molecule has 1 saturated heterocycles. The first-order valence-electron chi connectivity index (χ1n) is 6.35. The summed E-state index contributed by atoms with van der Waals surface area (Å²) in [6.07, 6.45) is 4.71. The molecule has 1 rings (SSSR count). The summed E-state index contributed by atoms with van der Waals surface area (Å²) in [7, 11) is 0. The van der Waals surface area contributed by atoms with Crippen LogP contribution >= 0.6 is 0 Å². The van der Waals surface area contributed by atoms with Crippen molar-refractivity contribution in [3.05, 3.63) is 0 Å². The van der Waals surface area contributed by atoms with E-state index in [4.69, 9.17) is 5.11 Å². The number of likely N-dealkylation sites (tertiary alicyclic amines) is 1. The van der Waals surface area contributed by atoms with E-state index in [1.54, 1.807) is 0 Å². The van der Waals surface area contributed by atoms with E-state index in [2.05, 4.69) is 24.1 Å². The highest BCUT2D eigenvalue weighted by Gasteiger charge is 2.16. The largest absolute Gasteiger partial charge is 0.396 e. The summed E-state index contributed by atoms with van der Waals surface area (Å²) in [5.41, 5.74) is 0. The molecule has 15 heavy (non-hydrogen) atoms. The number of aliphatic hydroxyl groups is 1. The molecular formula is C12H26N2O. The van der Waals surface area contributed by atoms with Crippen LogP contribution in [0.25, 0.3) is 0 Å². The highest BCUT2D eigenvalue weighted by atomic mass is 16.3. The van der Waals surface area contributed by atoms with Crippen molar-refractivity contribution in [3.63, 3.8) is 0 Å². The summed E-state index contributed by atoms with van der Waals surface area (Å²) < 4.78 is 0. The van der Waals surface area contributed by atoms with Crippen LogP contribution in [0.1, 0.15) is 39.5 Å². The standard InChI is InChI=1S/C12H26N2O/c1-3-14-8-4-5-12(6-9-14)13-11(2)7-10-15/h11-13,15H,3-10H2,1-2H3. The highest BCUT2D eigenvalue weighted by Crippen LogP contribution is 2.11. The fraction of sp³-hybridized carbons (Fsp3) is 1.00. The molecule has 0 amide bonds. The first-order chi connectivity index (χ1) is 7.26. The van der Waals surface area contributed by atoms with Gasteiger partial charge >= 0.3 is 0 Å². The lowest BCUT2D eigenvalue weighted by Crippen LogP contribution is -2.37. The Bertz CT molecular complexity index is 164. The van der Waals surface area contributed by atoms with Crippen molar-refractivity contribution in [2.75, 3.05) is 26.2 Å². The topological polar surface area (TPSA) is 35.5 Å². The van der Waals surface area contributed by atoms with Crippen molar-refractivity contribution in [3.8, 4) is 0 Å². The zero-order chi connectivity index (χ0) is 11.1. The first-order valence-corrected chi connectivity index (χ1v) is 6.35. The molecule has 3 nitrogen and oxygen atoms in total. The zero-order valence-corrected chi connectivity index (χ0v) is 10.2. The number of nitrogens with one attached hydrogen (secondary N) is 1. The fourth-order valence-corrected chi connectivity index (χ4v) is 2.32. The molecule has 1 heterocycles. The Morgan fingerprint density at radius 3 is 2.87 bits per heavy atom.